The first-order valence-electron chi connectivity index (χ1n) is 9.79. The van der Waals surface area contributed by atoms with Crippen molar-refractivity contribution in [3.63, 3.8) is 0 Å². The Hall–Kier alpha value is -2.18. The van der Waals surface area contributed by atoms with Crippen LogP contribution in [0.2, 0.25) is 5.02 Å². The Labute approximate surface area is 171 Å². The van der Waals surface area contributed by atoms with Gasteiger partial charge in [-0.05, 0) is 45.0 Å². The molecule has 7 heteroatoms. The summed E-state index contributed by atoms with van der Waals surface area (Å²) in [5, 5.41) is 1.49. The van der Waals surface area contributed by atoms with Crippen molar-refractivity contribution in [1.82, 2.24) is 19.7 Å². The van der Waals surface area contributed by atoms with Crippen LogP contribution in [0, 0.1) is 6.92 Å². The van der Waals surface area contributed by atoms with Gasteiger partial charge in [-0.25, -0.2) is 0 Å². The summed E-state index contributed by atoms with van der Waals surface area (Å²) < 4.78 is 0. The molecule has 1 saturated heterocycles. The van der Waals surface area contributed by atoms with Crippen LogP contribution < -0.4 is 0 Å². The van der Waals surface area contributed by atoms with E-state index in [9.17, 15) is 9.59 Å². The summed E-state index contributed by atoms with van der Waals surface area (Å²) in [5.41, 5.74) is 2.17. The van der Waals surface area contributed by atoms with Crippen LogP contribution >= 0.6 is 11.6 Å². The standard InChI is InChI=1S/C21H27ClN4O2/c1-4-25(5-2)20(27)14-24-8-10-26(11-9-24)21(28)18-13-16-12-17(22)6-7-19(16)23-15(18)3/h6-7,12-13H,4-5,8-11,14H2,1-3H3. The first-order chi connectivity index (χ1) is 13.4. The van der Waals surface area contributed by atoms with Crippen LogP contribution in [0.25, 0.3) is 10.9 Å². The fourth-order valence-corrected chi connectivity index (χ4v) is 3.79. The lowest BCUT2D eigenvalue weighted by Crippen LogP contribution is -2.51. The van der Waals surface area contributed by atoms with Gasteiger partial charge in [0.05, 0.1) is 23.3 Å². The molecular weight excluding hydrogens is 376 g/mol. The second kappa shape index (κ2) is 8.88. The highest BCUT2D eigenvalue weighted by Crippen LogP contribution is 2.22. The van der Waals surface area contributed by atoms with Crippen LogP contribution in [0.3, 0.4) is 0 Å². The molecule has 0 atom stereocenters. The molecule has 0 N–H and O–H groups in total. The van der Waals surface area contributed by atoms with Crippen LogP contribution in [-0.2, 0) is 4.79 Å². The van der Waals surface area contributed by atoms with E-state index in [2.05, 4.69) is 9.88 Å². The van der Waals surface area contributed by atoms with Gasteiger partial charge in [0.15, 0.2) is 0 Å². The maximum atomic E-state index is 13.0. The van der Waals surface area contributed by atoms with Gasteiger partial charge in [-0.1, -0.05) is 11.6 Å². The van der Waals surface area contributed by atoms with E-state index in [0.29, 0.717) is 43.3 Å². The third kappa shape index (κ3) is 4.45. The normalized spacial score (nSPS) is 15.1. The Kier molecular flexibility index (Phi) is 6.52. The number of aromatic nitrogens is 1. The Bertz CT molecular complexity index is 874. The van der Waals surface area contributed by atoms with Crippen molar-refractivity contribution >= 4 is 34.3 Å². The minimum atomic E-state index is -0.0124. The lowest BCUT2D eigenvalue weighted by molar-refractivity contribution is -0.132. The molecular formula is C21H27ClN4O2. The highest BCUT2D eigenvalue weighted by Gasteiger charge is 2.25. The number of nitrogens with zero attached hydrogens (tertiary/aromatic N) is 4. The molecule has 150 valence electrons. The maximum absolute atomic E-state index is 13.0. The molecule has 3 rings (SSSR count). The van der Waals surface area contributed by atoms with Gasteiger partial charge in [0.1, 0.15) is 0 Å². The molecule has 6 nitrogen and oxygen atoms in total. The number of aryl methyl sites for hydroxylation is 1. The second-order valence-electron chi connectivity index (χ2n) is 7.09. The van der Waals surface area contributed by atoms with E-state index < -0.39 is 0 Å². The number of hydrogen-bond acceptors (Lipinski definition) is 4. The molecule has 0 saturated carbocycles. The number of amides is 2. The van der Waals surface area contributed by atoms with Gasteiger partial charge in [-0.3, -0.25) is 19.5 Å². The van der Waals surface area contributed by atoms with Crippen molar-refractivity contribution in [1.29, 1.82) is 0 Å². The summed E-state index contributed by atoms with van der Waals surface area (Å²) >= 11 is 6.08. The maximum Gasteiger partial charge on any atom is 0.255 e. The number of likely N-dealkylation sites (N-methyl/N-ethyl adjacent to an activating group) is 1. The van der Waals surface area contributed by atoms with Gasteiger partial charge >= 0.3 is 0 Å². The fourth-order valence-electron chi connectivity index (χ4n) is 3.61. The zero-order valence-corrected chi connectivity index (χ0v) is 17.5. The summed E-state index contributed by atoms with van der Waals surface area (Å²) in [6, 6.07) is 7.38. The van der Waals surface area contributed by atoms with Gasteiger partial charge < -0.3 is 9.80 Å². The van der Waals surface area contributed by atoms with E-state index in [1.165, 1.54) is 0 Å². The number of benzene rings is 1. The molecule has 2 heterocycles. The number of halogens is 1. The number of piperazine rings is 1. The summed E-state index contributed by atoms with van der Waals surface area (Å²) in [6.07, 6.45) is 0. The summed E-state index contributed by atoms with van der Waals surface area (Å²) in [6.45, 7) is 10.3. The zero-order chi connectivity index (χ0) is 20.3. The van der Waals surface area contributed by atoms with E-state index in [1.807, 2.05) is 48.8 Å². The molecule has 0 radical (unpaired) electrons. The quantitative estimate of drug-likeness (QED) is 0.771. The molecule has 28 heavy (non-hydrogen) atoms. The minimum Gasteiger partial charge on any atom is -0.342 e. The second-order valence-corrected chi connectivity index (χ2v) is 7.53. The highest BCUT2D eigenvalue weighted by molar-refractivity contribution is 6.31. The van der Waals surface area contributed by atoms with Gasteiger partial charge in [0.25, 0.3) is 5.91 Å². The Morgan fingerprint density at radius 1 is 1.11 bits per heavy atom. The van der Waals surface area contributed by atoms with Crippen LogP contribution in [0.1, 0.15) is 29.9 Å². The minimum absolute atomic E-state index is 0.0124. The van der Waals surface area contributed by atoms with Gasteiger partial charge in [-0.2, -0.15) is 0 Å². The predicted molar refractivity (Wildman–Crippen MR) is 112 cm³/mol. The monoisotopic (exact) mass is 402 g/mol. The summed E-state index contributed by atoms with van der Waals surface area (Å²) in [5.74, 6) is 0.137. The fraction of sp³-hybridized carbons (Fsp3) is 0.476. The zero-order valence-electron chi connectivity index (χ0n) is 16.7. The molecule has 1 aliphatic rings. The molecule has 2 aromatic rings. The highest BCUT2D eigenvalue weighted by atomic mass is 35.5. The van der Waals surface area contributed by atoms with E-state index in [4.69, 9.17) is 11.6 Å². The van der Waals surface area contributed by atoms with E-state index >= 15 is 0 Å². The number of rotatable bonds is 5. The first-order valence-corrected chi connectivity index (χ1v) is 10.2. The molecule has 0 unspecified atom stereocenters. The molecule has 1 aromatic carbocycles. The SMILES string of the molecule is CCN(CC)C(=O)CN1CCN(C(=O)c2cc3cc(Cl)ccc3nc2C)CC1. The van der Waals surface area contributed by atoms with Gasteiger partial charge in [0, 0.05) is 49.7 Å². The number of pyridine rings is 1. The van der Waals surface area contributed by atoms with Gasteiger partial charge in [-0.15, -0.1) is 0 Å². The van der Waals surface area contributed by atoms with Crippen LogP contribution in [0.5, 0.6) is 0 Å². The molecule has 0 spiro atoms. The third-order valence-corrected chi connectivity index (χ3v) is 5.57. The van der Waals surface area contributed by atoms with Crippen molar-refractivity contribution in [2.75, 3.05) is 45.8 Å². The Balaban J connectivity index is 1.66. The lowest BCUT2D eigenvalue weighted by Gasteiger charge is -2.35. The lowest BCUT2D eigenvalue weighted by atomic mass is 10.1. The van der Waals surface area contributed by atoms with Crippen molar-refractivity contribution in [2.45, 2.75) is 20.8 Å². The van der Waals surface area contributed by atoms with Crippen LogP contribution in [-0.4, -0.2) is 77.3 Å². The topological polar surface area (TPSA) is 56.8 Å². The predicted octanol–water partition coefficient (Wildman–Crippen LogP) is 2.82. The molecule has 1 aliphatic heterocycles. The number of fused-ring (bicyclic) bond motifs is 1. The third-order valence-electron chi connectivity index (χ3n) is 5.33. The van der Waals surface area contributed by atoms with Gasteiger partial charge in [0.2, 0.25) is 5.91 Å². The number of hydrogen-bond donors (Lipinski definition) is 0. The average Bonchev–Trinajstić information content (AvgIpc) is 2.69. The first kappa shape index (κ1) is 20.6. The van der Waals surface area contributed by atoms with Crippen molar-refractivity contribution in [2.24, 2.45) is 0 Å². The summed E-state index contributed by atoms with van der Waals surface area (Å²) in [7, 11) is 0. The Morgan fingerprint density at radius 3 is 2.43 bits per heavy atom. The summed E-state index contributed by atoms with van der Waals surface area (Å²) in [4.78, 5) is 35.7. The van der Waals surface area contributed by atoms with Crippen LogP contribution in [0.15, 0.2) is 24.3 Å². The number of carbonyl (C=O) groups excluding carboxylic acids is 2. The molecule has 2 amide bonds. The molecule has 0 bridgehead atoms. The van der Waals surface area contributed by atoms with E-state index in [-0.39, 0.29) is 11.8 Å². The van der Waals surface area contributed by atoms with Crippen molar-refractivity contribution in [3.05, 3.63) is 40.5 Å². The molecule has 1 aromatic heterocycles. The molecule has 1 fully saturated rings. The van der Waals surface area contributed by atoms with E-state index in [0.717, 1.165) is 29.7 Å². The van der Waals surface area contributed by atoms with E-state index in [1.54, 1.807) is 6.07 Å². The Morgan fingerprint density at radius 2 is 1.79 bits per heavy atom. The largest absolute Gasteiger partial charge is 0.342 e. The average molecular weight is 403 g/mol. The van der Waals surface area contributed by atoms with Crippen molar-refractivity contribution in [3.8, 4) is 0 Å². The van der Waals surface area contributed by atoms with Crippen molar-refractivity contribution < 1.29 is 9.59 Å². The number of carbonyl (C=O) groups is 2. The smallest absolute Gasteiger partial charge is 0.255 e. The molecule has 0 aliphatic carbocycles. The van der Waals surface area contributed by atoms with Crippen LogP contribution in [0.4, 0.5) is 0 Å².